The second-order valence-corrected chi connectivity index (χ2v) is 12.1. The van der Waals surface area contributed by atoms with E-state index in [1.54, 1.807) is 66.7 Å². The highest BCUT2D eigenvalue weighted by atomic mass is 32.2. The molecule has 12 heteroatoms. The molecule has 222 valence electrons. The summed E-state index contributed by atoms with van der Waals surface area (Å²) in [5.41, 5.74) is 1.94. The molecule has 1 aromatic heterocycles. The Balaban J connectivity index is 1.17. The second kappa shape index (κ2) is 13.2. The molecule has 3 aromatic rings. The summed E-state index contributed by atoms with van der Waals surface area (Å²) in [4.78, 5) is 36.1. The van der Waals surface area contributed by atoms with Crippen LogP contribution in [0.15, 0.2) is 65.8 Å². The van der Waals surface area contributed by atoms with Crippen molar-refractivity contribution < 1.29 is 27.5 Å². The molecule has 0 spiro atoms. The van der Waals surface area contributed by atoms with Crippen molar-refractivity contribution in [1.29, 1.82) is 0 Å². The Hall–Kier alpha value is -4.19. The van der Waals surface area contributed by atoms with Gasteiger partial charge in [-0.05, 0) is 62.1 Å². The molecule has 0 unspecified atom stereocenters. The van der Waals surface area contributed by atoms with Gasteiger partial charge in [0.2, 0.25) is 0 Å². The first-order valence-electron chi connectivity index (χ1n) is 14.2. The number of Topliss-reactive ketones (excluding diaryl/α,β-unsaturated/α-hetero) is 1. The molecule has 5 rings (SSSR count). The molecule has 0 bridgehead atoms. The van der Waals surface area contributed by atoms with Crippen molar-refractivity contribution in [2.75, 3.05) is 49.0 Å². The summed E-state index contributed by atoms with van der Waals surface area (Å²) in [7, 11) is -3.83. The number of rotatable bonds is 9. The number of ketones is 1. The van der Waals surface area contributed by atoms with E-state index in [0.717, 1.165) is 18.5 Å². The number of nitrogens with one attached hydrogen (secondary N) is 1. The van der Waals surface area contributed by atoms with Gasteiger partial charge in [0.05, 0.1) is 30.5 Å². The zero-order valence-corrected chi connectivity index (χ0v) is 24.4. The molecule has 11 nitrogen and oxygen atoms in total. The third-order valence-electron chi connectivity index (χ3n) is 7.47. The third-order valence-corrected chi connectivity index (χ3v) is 8.86. The number of aromatic nitrogens is 2. The Labute approximate surface area is 245 Å². The minimum Gasteiger partial charge on any atom is -0.490 e. The zero-order chi connectivity index (χ0) is 29.5. The van der Waals surface area contributed by atoms with Crippen molar-refractivity contribution in [3.8, 4) is 17.1 Å². The quantitative estimate of drug-likeness (QED) is 0.384. The largest absolute Gasteiger partial charge is 0.490 e. The standard InChI is InChI=1S/C30H35N5O6S/c1-2-40-30(37)35-16-14-34(15-17-35)25-8-12-28(13-9-25)42(38,39)33-24-5-3-4-23(18-24)29-31-19-27(20-32-29)41-21-22-6-10-26(36)11-7-22/h3-5,8-9,12-13,18-20,22,33H,2,6-7,10-11,14-17,21H2,1H3. The Kier molecular flexibility index (Phi) is 9.21. The summed E-state index contributed by atoms with van der Waals surface area (Å²) in [5, 5.41) is 0. The van der Waals surface area contributed by atoms with Crippen LogP contribution in [0.3, 0.4) is 0 Å². The summed E-state index contributed by atoms with van der Waals surface area (Å²) in [5.74, 6) is 1.67. The number of carbonyl (C=O) groups is 2. The molecular formula is C30H35N5O6S. The van der Waals surface area contributed by atoms with Crippen LogP contribution >= 0.6 is 0 Å². The van der Waals surface area contributed by atoms with Crippen molar-refractivity contribution in [2.45, 2.75) is 37.5 Å². The number of piperazine rings is 1. The van der Waals surface area contributed by atoms with E-state index in [0.29, 0.717) is 86.8 Å². The van der Waals surface area contributed by atoms with Gasteiger partial charge in [-0.1, -0.05) is 12.1 Å². The summed E-state index contributed by atoms with van der Waals surface area (Å²) in [6.45, 7) is 5.00. The molecule has 1 N–H and O–H groups in total. The van der Waals surface area contributed by atoms with Gasteiger partial charge < -0.3 is 19.3 Å². The highest BCUT2D eigenvalue weighted by molar-refractivity contribution is 7.92. The highest BCUT2D eigenvalue weighted by Gasteiger charge is 2.23. The van der Waals surface area contributed by atoms with Gasteiger partial charge in [0.15, 0.2) is 11.6 Å². The molecule has 0 atom stereocenters. The number of amides is 1. The van der Waals surface area contributed by atoms with Gasteiger partial charge in [-0.15, -0.1) is 0 Å². The molecule has 1 saturated heterocycles. The number of nitrogens with zero attached hydrogens (tertiary/aromatic N) is 4. The van der Waals surface area contributed by atoms with Crippen LogP contribution in [0.2, 0.25) is 0 Å². The molecule has 2 heterocycles. The summed E-state index contributed by atoms with van der Waals surface area (Å²) >= 11 is 0. The van der Waals surface area contributed by atoms with E-state index in [9.17, 15) is 18.0 Å². The molecule has 2 aliphatic rings. The Morgan fingerprint density at radius 1 is 1.00 bits per heavy atom. The minimum absolute atomic E-state index is 0.141. The molecule has 1 saturated carbocycles. The fourth-order valence-corrected chi connectivity index (χ4v) is 6.10. The summed E-state index contributed by atoms with van der Waals surface area (Å²) in [6.07, 6.45) is 5.83. The molecule has 2 aromatic carbocycles. The lowest BCUT2D eigenvalue weighted by Crippen LogP contribution is -2.49. The maximum atomic E-state index is 13.1. The molecule has 1 amide bonds. The Morgan fingerprint density at radius 3 is 2.36 bits per heavy atom. The highest BCUT2D eigenvalue weighted by Crippen LogP contribution is 2.26. The maximum Gasteiger partial charge on any atom is 0.409 e. The number of hydrogen-bond acceptors (Lipinski definition) is 9. The fourth-order valence-electron chi connectivity index (χ4n) is 5.05. The molecule has 2 fully saturated rings. The van der Waals surface area contributed by atoms with Crippen LogP contribution in [0.25, 0.3) is 11.4 Å². The average molecular weight is 594 g/mol. The minimum atomic E-state index is -3.83. The van der Waals surface area contributed by atoms with Gasteiger partial charge in [-0.2, -0.15) is 0 Å². The van der Waals surface area contributed by atoms with E-state index in [1.807, 2.05) is 6.07 Å². The number of carbonyl (C=O) groups excluding carboxylic acids is 2. The number of hydrogen-bond donors (Lipinski definition) is 1. The van der Waals surface area contributed by atoms with Gasteiger partial charge in [0.25, 0.3) is 10.0 Å². The topological polar surface area (TPSA) is 131 Å². The van der Waals surface area contributed by atoms with E-state index < -0.39 is 10.0 Å². The lowest BCUT2D eigenvalue weighted by molar-refractivity contribution is -0.121. The molecule has 1 aliphatic carbocycles. The first-order valence-corrected chi connectivity index (χ1v) is 15.7. The monoisotopic (exact) mass is 593 g/mol. The second-order valence-electron chi connectivity index (χ2n) is 10.4. The van der Waals surface area contributed by atoms with Gasteiger partial charge in [-0.3, -0.25) is 9.52 Å². The first kappa shape index (κ1) is 29.3. The number of anilines is 2. The predicted octanol–water partition coefficient (Wildman–Crippen LogP) is 4.36. The average Bonchev–Trinajstić information content (AvgIpc) is 3.01. The van der Waals surface area contributed by atoms with E-state index in [2.05, 4.69) is 19.6 Å². The smallest absolute Gasteiger partial charge is 0.409 e. The molecule has 0 radical (unpaired) electrons. The summed E-state index contributed by atoms with van der Waals surface area (Å²) in [6, 6.07) is 13.6. The first-order chi connectivity index (χ1) is 20.3. The van der Waals surface area contributed by atoms with E-state index >= 15 is 0 Å². The van der Waals surface area contributed by atoms with Gasteiger partial charge in [0.1, 0.15) is 5.78 Å². The lowest BCUT2D eigenvalue weighted by Gasteiger charge is -2.35. The number of ether oxygens (including phenoxy) is 2. The summed E-state index contributed by atoms with van der Waals surface area (Å²) < 4.78 is 39.8. The van der Waals surface area contributed by atoms with Crippen LogP contribution in [0.4, 0.5) is 16.2 Å². The zero-order valence-electron chi connectivity index (χ0n) is 23.6. The SMILES string of the molecule is CCOC(=O)N1CCN(c2ccc(S(=O)(=O)Nc3cccc(-c4ncc(OCC5CCC(=O)CC5)cn4)c3)cc2)CC1. The lowest BCUT2D eigenvalue weighted by atomic mass is 9.89. The van der Waals surface area contributed by atoms with Gasteiger partial charge in [0, 0.05) is 56.0 Å². The van der Waals surface area contributed by atoms with Crippen molar-refractivity contribution >= 4 is 33.3 Å². The maximum absolute atomic E-state index is 13.1. The number of sulfonamides is 1. The van der Waals surface area contributed by atoms with Crippen LogP contribution in [0.1, 0.15) is 32.6 Å². The Morgan fingerprint density at radius 2 is 1.69 bits per heavy atom. The van der Waals surface area contributed by atoms with E-state index in [4.69, 9.17) is 9.47 Å². The molecular weight excluding hydrogens is 558 g/mol. The molecule has 42 heavy (non-hydrogen) atoms. The third kappa shape index (κ3) is 7.35. The Bertz CT molecular complexity index is 1480. The predicted molar refractivity (Wildman–Crippen MR) is 158 cm³/mol. The normalized spacial score (nSPS) is 16.3. The fraction of sp³-hybridized carbons (Fsp3) is 0.400. The van der Waals surface area contributed by atoms with Crippen molar-refractivity contribution in [3.63, 3.8) is 0 Å². The van der Waals surface area contributed by atoms with Crippen molar-refractivity contribution in [3.05, 3.63) is 60.9 Å². The van der Waals surface area contributed by atoms with Crippen LogP contribution in [-0.4, -0.2) is 74.6 Å². The van der Waals surface area contributed by atoms with Crippen molar-refractivity contribution in [1.82, 2.24) is 14.9 Å². The van der Waals surface area contributed by atoms with Crippen molar-refractivity contribution in [2.24, 2.45) is 5.92 Å². The van der Waals surface area contributed by atoms with E-state index in [-0.39, 0.29) is 11.0 Å². The van der Waals surface area contributed by atoms with Crippen LogP contribution in [0, 0.1) is 5.92 Å². The number of benzene rings is 2. The van der Waals surface area contributed by atoms with Gasteiger partial charge >= 0.3 is 6.09 Å². The van der Waals surface area contributed by atoms with Crippen LogP contribution in [-0.2, 0) is 19.6 Å². The van der Waals surface area contributed by atoms with Crippen LogP contribution in [0.5, 0.6) is 5.75 Å². The molecule has 1 aliphatic heterocycles. The van der Waals surface area contributed by atoms with Gasteiger partial charge in [-0.25, -0.2) is 23.2 Å². The van der Waals surface area contributed by atoms with Crippen LogP contribution < -0.4 is 14.4 Å². The van der Waals surface area contributed by atoms with E-state index in [1.165, 1.54) is 0 Å².